The minimum absolute atomic E-state index is 1.09. The van der Waals surface area contributed by atoms with Crippen molar-refractivity contribution in [1.29, 1.82) is 0 Å². The molecule has 0 amide bonds. The van der Waals surface area contributed by atoms with E-state index in [4.69, 9.17) is 0 Å². The molecule has 66 valence electrons. The molecule has 0 atom stereocenters. The van der Waals surface area contributed by atoms with Gasteiger partial charge < -0.3 is 0 Å². The first kappa shape index (κ1) is 9.04. The molecule has 12 heavy (non-hydrogen) atoms. The molecule has 0 radical (unpaired) electrons. The molecule has 0 fully saturated rings. The summed E-state index contributed by atoms with van der Waals surface area (Å²) in [5.41, 5.74) is 0. The Morgan fingerprint density at radius 1 is 1.42 bits per heavy atom. The molecule has 0 spiro atoms. The van der Waals surface area contributed by atoms with Crippen LogP contribution in [0.5, 0.6) is 0 Å². The number of imidazole rings is 1. The van der Waals surface area contributed by atoms with Gasteiger partial charge in [0.25, 0.3) is 0 Å². The van der Waals surface area contributed by atoms with Gasteiger partial charge in [0.05, 0.1) is 12.7 Å². The predicted molar refractivity (Wildman–Crippen MR) is 50.5 cm³/mol. The van der Waals surface area contributed by atoms with E-state index >= 15 is 0 Å². The van der Waals surface area contributed by atoms with E-state index in [1.807, 2.05) is 0 Å². The van der Waals surface area contributed by atoms with Crippen molar-refractivity contribution < 1.29 is 4.57 Å². The van der Waals surface area contributed by atoms with E-state index in [2.05, 4.69) is 54.0 Å². The molecule has 0 N–H and O–H groups in total. The number of nitrogens with zero attached hydrogens (tertiary/aromatic N) is 2. The van der Waals surface area contributed by atoms with Gasteiger partial charge in [-0.15, -0.1) is 0 Å². The highest BCUT2D eigenvalue weighted by atomic mass is 15.1. The lowest BCUT2D eigenvalue weighted by molar-refractivity contribution is -0.567. The molecule has 1 aromatic heterocycles. The van der Waals surface area contributed by atoms with E-state index in [-0.39, 0.29) is 0 Å². The van der Waals surface area contributed by atoms with Gasteiger partial charge in [-0.25, -0.2) is 9.13 Å². The molecular weight excluding hydrogens is 148 g/mol. The third-order valence-electron chi connectivity index (χ3n) is 1.71. The summed E-state index contributed by atoms with van der Waals surface area (Å²) in [4.78, 5) is 0. The summed E-state index contributed by atoms with van der Waals surface area (Å²) >= 11 is 0. The Bertz CT molecular complexity index is 248. The number of rotatable bonds is 4. The quantitative estimate of drug-likeness (QED) is 0.604. The fraction of sp³-hybridized carbons (Fsp3) is 0.500. The van der Waals surface area contributed by atoms with Gasteiger partial charge in [0.2, 0.25) is 6.33 Å². The first-order valence-electron chi connectivity index (χ1n) is 4.60. The van der Waals surface area contributed by atoms with Gasteiger partial charge in [0.1, 0.15) is 12.4 Å². The molecule has 0 unspecified atom stereocenters. The fourth-order valence-electron chi connectivity index (χ4n) is 1.12. The SMILES string of the molecule is CC/C=C/[n+]1ccn(CCC)c1. The Kier molecular flexibility index (Phi) is 3.58. The lowest BCUT2D eigenvalue weighted by atomic mass is 10.5. The molecule has 0 aliphatic rings. The molecule has 2 nitrogen and oxygen atoms in total. The molecule has 0 aliphatic carbocycles. The topological polar surface area (TPSA) is 8.81 Å². The van der Waals surface area contributed by atoms with Gasteiger partial charge in [-0.05, 0) is 18.9 Å². The molecule has 1 aromatic rings. The smallest absolute Gasteiger partial charge is 0.236 e. The standard InChI is InChI=1S/C10H17N2/c1-3-5-7-12-9-8-11(10-12)6-4-2/h5,7-10H,3-4,6H2,1-2H3/q+1/b7-5+. The average Bonchev–Trinajstić information content (AvgIpc) is 2.50. The van der Waals surface area contributed by atoms with Gasteiger partial charge in [0.15, 0.2) is 0 Å². The van der Waals surface area contributed by atoms with Gasteiger partial charge in [-0.1, -0.05) is 13.8 Å². The summed E-state index contributed by atoms with van der Waals surface area (Å²) in [6, 6.07) is 0. The summed E-state index contributed by atoms with van der Waals surface area (Å²) < 4.78 is 4.28. The first-order valence-corrected chi connectivity index (χ1v) is 4.60. The Balaban J connectivity index is 2.57. The van der Waals surface area contributed by atoms with E-state index in [9.17, 15) is 0 Å². The van der Waals surface area contributed by atoms with Gasteiger partial charge in [-0.3, -0.25) is 0 Å². The number of hydrogen-bond donors (Lipinski definition) is 0. The zero-order chi connectivity index (χ0) is 8.81. The van der Waals surface area contributed by atoms with Crippen LogP contribution in [0.15, 0.2) is 24.8 Å². The highest BCUT2D eigenvalue weighted by Gasteiger charge is 1.97. The summed E-state index contributed by atoms with van der Waals surface area (Å²) in [5, 5.41) is 0. The maximum atomic E-state index is 2.19. The second-order valence-electron chi connectivity index (χ2n) is 2.89. The van der Waals surface area contributed by atoms with Gasteiger partial charge in [-0.2, -0.15) is 0 Å². The minimum Gasteiger partial charge on any atom is -0.236 e. The van der Waals surface area contributed by atoms with Gasteiger partial charge >= 0.3 is 0 Å². The minimum atomic E-state index is 1.09. The van der Waals surface area contributed by atoms with E-state index in [1.54, 1.807) is 0 Å². The van der Waals surface area contributed by atoms with Crippen molar-refractivity contribution in [3.8, 4) is 0 Å². The molecule has 2 heteroatoms. The molecule has 0 saturated heterocycles. The molecular formula is C10H17N2+. The van der Waals surface area contributed by atoms with Crippen LogP contribution in [0.3, 0.4) is 0 Å². The third kappa shape index (κ3) is 2.53. The number of aromatic nitrogens is 2. The van der Waals surface area contributed by atoms with Crippen LogP contribution in [0.1, 0.15) is 26.7 Å². The van der Waals surface area contributed by atoms with Crippen LogP contribution in [0.4, 0.5) is 0 Å². The fourth-order valence-corrected chi connectivity index (χ4v) is 1.12. The van der Waals surface area contributed by atoms with Crippen LogP contribution in [0.2, 0.25) is 0 Å². The van der Waals surface area contributed by atoms with Crippen molar-refractivity contribution in [2.75, 3.05) is 0 Å². The zero-order valence-corrected chi connectivity index (χ0v) is 7.90. The van der Waals surface area contributed by atoms with Crippen molar-refractivity contribution in [3.63, 3.8) is 0 Å². The predicted octanol–water partition coefficient (Wildman–Crippen LogP) is 2.07. The van der Waals surface area contributed by atoms with Crippen molar-refractivity contribution in [2.45, 2.75) is 33.2 Å². The van der Waals surface area contributed by atoms with Crippen LogP contribution in [-0.4, -0.2) is 4.57 Å². The Labute approximate surface area is 74.1 Å². The lowest BCUT2D eigenvalue weighted by Gasteiger charge is -1.87. The summed E-state index contributed by atoms with van der Waals surface area (Å²) in [5.74, 6) is 0. The summed E-state index contributed by atoms with van der Waals surface area (Å²) in [7, 11) is 0. The van der Waals surface area contributed by atoms with Crippen molar-refractivity contribution in [2.24, 2.45) is 0 Å². The molecule has 0 saturated carbocycles. The summed E-state index contributed by atoms with van der Waals surface area (Å²) in [6.07, 6.45) is 12.8. The first-order chi connectivity index (χ1) is 5.86. The monoisotopic (exact) mass is 165 g/mol. The maximum Gasteiger partial charge on any atom is 0.248 e. The number of allylic oxidation sites excluding steroid dienone is 1. The van der Waals surface area contributed by atoms with E-state index in [0.29, 0.717) is 0 Å². The summed E-state index contributed by atoms with van der Waals surface area (Å²) in [6.45, 7) is 5.43. The van der Waals surface area contributed by atoms with E-state index in [1.165, 1.54) is 6.42 Å². The highest BCUT2D eigenvalue weighted by molar-refractivity contribution is 5.04. The largest absolute Gasteiger partial charge is 0.248 e. The van der Waals surface area contributed by atoms with Crippen LogP contribution >= 0.6 is 0 Å². The zero-order valence-electron chi connectivity index (χ0n) is 7.90. The molecule has 0 aromatic carbocycles. The Hall–Kier alpha value is -1.05. The Morgan fingerprint density at radius 2 is 2.25 bits per heavy atom. The van der Waals surface area contributed by atoms with E-state index in [0.717, 1.165) is 13.0 Å². The highest BCUT2D eigenvalue weighted by Crippen LogP contribution is 1.88. The second-order valence-corrected chi connectivity index (χ2v) is 2.89. The molecule has 0 aliphatic heterocycles. The average molecular weight is 165 g/mol. The van der Waals surface area contributed by atoms with Gasteiger partial charge in [0, 0.05) is 0 Å². The Morgan fingerprint density at radius 3 is 2.92 bits per heavy atom. The van der Waals surface area contributed by atoms with Crippen molar-refractivity contribution >= 4 is 6.20 Å². The molecule has 0 bridgehead atoms. The van der Waals surface area contributed by atoms with E-state index < -0.39 is 0 Å². The third-order valence-corrected chi connectivity index (χ3v) is 1.71. The van der Waals surface area contributed by atoms with Crippen molar-refractivity contribution in [1.82, 2.24) is 4.57 Å². The van der Waals surface area contributed by atoms with Crippen LogP contribution in [0.25, 0.3) is 6.20 Å². The molecule has 1 heterocycles. The normalized spacial score (nSPS) is 11.2. The second kappa shape index (κ2) is 4.75. The number of hydrogen-bond acceptors (Lipinski definition) is 0. The lowest BCUT2D eigenvalue weighted by Crippen LogP contribution is -2.21. The van der Waals surface area contributed by atoms with Crippen LogP contribution < -0.4 is 4.57 Å². The van der Waals surface area contributed by atoms with Crippen molar-refractivity contribution in [3.05, 3.63) is 24.8 Å². The number of aryl methyl sites for hydroxylation is 1. The van der Waals surface area contributed by atoms with Crippen LogP contribution in [0, 0.1) is 0 Å². The van der Waals surface area contributed by atoms with Crippen LogP contribution in [-0.2, 0) is 6.54 Å². The molecule has 1 rings (SSSR count). The maximum absolute atomic E-state index is 2.19.